The molecule has 39 heavy (non-hydrogen) atoms. The van der Waals surface area contributed by atoms with Gasteiger partial charge in [-0.25, -0.2) is 0 Å². The number of carbonyl (C=O) groups excluding carboxylic acids is 3. The first-order valence-corrected chi connectivity index (χ1v) is 14.1. The topological polar surface area (TPSA) is 87.3 Å². The van der Waals surface area contributed by atoms with Crippen LogP contribution in [0.4, 0.5) is 17.1 Å². The second-order valence-electron chi connectivity index (χ2n) is 9.91. The molecule has 0 unspecified atom stereocenters. The maximum atomic E-state index is 13.5. The molecular weight excluding hydrogens is 486 g/mol. The van der Waals surface area contributed by atoms with E-state index in [0.717, 1.165) is 72.3 Å². The van der Waals surface area contributed by atoms with Gasteiger partial charge in [-0.15, -0.1) is 0 Å². The molecule has 0 spiro atoms. The number of rotatable bonds is 14. The van der Waals surface area contributed by atoms with Gasteiger partial charge in [-0.3, -0.25) is 14.4 Å². The van der Waals surface area contributed by atoms with E-state index in [-0.39, 0.29) is 30.6 Å². The van der Waals surface area contributed by atoms with Crippen LogP contribution in [0.25, 0.3) is 0 Å². The van der Waals surface area contributed by atoms with Crippen molar-refractivity contribution < 1.29 is 14.4 Å². The van der Waals surface area contributed by atoms with Crippen LogP contribution in [0.5, 0.6) is 0 Å². The lowest BCUT2D eigenvalue weighted by Crippen LogP contribution is -2.31. The van der Waals surface area contributed by atoms with Crippen LogP contribution >= 0.6 is 0 Å². The van der Waals surface area contributed by atoms with Crippen molar-refractivity contribution in [3.05, 3.63) is 89.5 Å². The number of nitrogens with one attached hydrogen (secondary N) is 3. The van der Waals surface area contributed by atoms with E-state index in [1.807, 2.05) is 72.8 Å². The van der Waals surface area contributed by atoms with Gasteiger partial charge in [-0.05, 0) is 54.2 Å². The lowest BCUT2D eigenvalue weighted by Gasteiger charge is -2.19. The van der Waals surface area contributed by atoms with Gasteiger partial charge in [0.15, 0.2) is 0 Å². The molecule has 3 aromatic rings. The number of carbonyl (C=O) groups is 3. The average molecular weight is 528 g/mol. The number of para-hydroxylation sites is 3. The van der Waals surface area contributed by atoms with E-state index in [2.05, 4.69) is 36.7 Å². The lowest BCUT2D eigenvalue weighted by atomic mass is 9.97. The molecular formula is C33H41N3O3. The Balaban J connectivity index is 1.79. The third-order valence-corrected chi connectivity index (χ3v) is 6.65. The fraction of sp³-hybridized carbons (Fsp3) is 0.364. The normalized spacial score (nSPS) is 10.8. The van der Waals surface area contributed by atoms with E-state index in [1.54, 1.807) is 0 Å². The third-order valence-electron chi connectivity index (χ3n) is 6.65. The number of hydrogen-bond acceptors (Lipinski definition) is 3. The van der Waals surface area contributed by atoms with E-state index in [1.165, 1.54) is 0 Å². The minimum Gasteiger partial charge on any atom is -0.326 e. The Hall–Kier alpha value is -3.93. The van der Waals surface area contributed by atoms with E-state index >= 15 is 0 Å². The molecule has 6 heteroatoms. The van der Waals surface area contributed by atoms with E-state index in [4.69, 9.17) is 0 Å². The van der Waals surface area contributed by atoms with Crippen LogP contribution < -0.4 is 16.0 Å². The number of amides is 3. The monoisotopic (exact) mass is 527 g/mol. The quantitative estimate of drug-likeness (QED) is 0.208. The number of benzene rings is 3. The maximum absolute atomic E-state index is 13.5. The Morgan fingerprint density at radius 2 is 0.872 bits per heavy atom. The lowest BCUT2D eigenvalue weighted by molar-refractivity contribution is -0.127. The molecule has 6 nitrogen and oxygen atoms in total. The molecule has 3 N–H and O–H groups in total. The van der Waals surface area contributed by atoms with Crippen molar-refractivity contribution in [2.75, 3.05) is 16.0 Å². The Morgan fingerprint density at radius 3 is 1.23 bits per heavy atom. The molecule has 0 atom stereocenters. The third kappa shape index (κ3) is 9.10. The van der Waals surface area contributed by atoms with Gasteiger partial charge in [0, 0.05) is 29.9 Å². The van der Waals surface area contributed by atoms with Gasteiger partial charge in [0.1, 0.15) is 0 Å². The first kappa shape index (κ1) is 29.6. The summed E-state index contributed by atoms with van der Waals surface area (Å²) in [6, 6.07) is 23.1. The molecule has 206 valence electrons. The predicted molar refractivity (Wildman–Crippen MR) is 160 cm³/mol. The summed E-state index contributed by atoms with van der Waals surface area (Å²) in [5.41, 5.74) is 5.34. The van der Waals surface area contributed by atoms with Gasteiger partial charge >= 0.3 is 0 Å². The zero-order valence-electron chi connectivity index (χ0n) is 23.4. The van der Waals surface area contributed by atoms with Crippen LogP contribution in [0.2, 0.25) is 0 Å². The highest BCUT2D eigenvalue weighted by molar-refractivity contribution is 6.02. The van der Waals surface area contributed by atoms with Crippen molar-refractivity contribution in [3.63, 3.8) is 0 Å². The molecule has 0 aliphatic rings. The Labute approximate surface area is 232 Å². The zero-order chi connectivity index (χ0) is 28.0. The summed E-state index contributed by atoms with van der Waals surface area (Å²) >= 11 is 0. The van der Waals surface area contributed by atoms with Gasteiger partial charge in [0.25, 0.3) is 0 Å². The van der Waals surface area contributed by atoms with E-state index in [0.29, 0.717) is 0 Å². The van der Waals surface area contributed by atoms with Gasteiger partial charge in [-0.1, -0.05) is 94.6 Å². The molecule has 0 aromatic heterocycles. The molecule has 0 radical (unpaired) electrons. The van der Waals surface area contributed by atoms with Crippen molar-refractivity contribution in [3.8, 4) is 0 Å². The first-order chi connectivity index (χ1) is 18.9. The SMILES string of the molecule is CCCc1ccccc1NC(=O)CC(CC(=O)Nc1ccccc1CCC)C(=O)Nc1ccccc1CCC. The van der Waals surface area contributed by atoms with Crippen LogP contribution in [-0.2, 0) is 33.6 Å². The molecule has 3 amide bonds. The summed E-state index contributed by atoms with van der Waals surface area (Å²) in [5, 5.41) is 8.95. The molecule has 0 fully saturated rings. The van der Waals surface area contributed by atoms with Crippen molar-refractivity contribution in [1.82, 2.24) is 0 Å². The maximum Gasteiger partial charge on any atom is 0.228 e. The minimum atomic E-state index is -0.837. The summed E-state index contributed by atoms with van der Waals surface area (Å²) in [6.07, 6.45) is 5.14. The predicted octanol–water partition coefficient (Wildman–Crippen LogP) is 7.16. The first-order valence-electron chi connectivity index (χ1n) is 14.1. The van der Waals surface area contributed by atoms with E-state index < -0.39 is 5.92 Å². The van der Waals surface area contributed by atoms with Crippen LogP contribution in [-0.4, -0.2) is 17.7 Å². The fourth-order valence-corrected chi connectivity index (χ4v) is 4.73. The van der Waals surface area contributed by atoms with Crippen molar-refractivity contribution >= 4 is 34.8 Å². The van der Waals surface area contributed by atoms with Crippen LogP contribution in [0.15, 0.2) is 72.8 Å². The van der Waals surface area contributed by atoms with Gasteiger partial charge in [0.2, 0.25) is 17.7 Å². The zero-order valence-corrected chi connectivity index (χ0v) is 23.4. The van der Waals surface area contributed by atoms with Crippen molar-refractivity contribution in [2.24, 2.45) is 5.92 Å². The summed E-state index contributed by atoms with van der Waals surface area (Å²) in [5.74, 6) is -1.76. The standard InChI is InChI=1S/C33H41N3O3/c1-4-13-24-16-7-10-19-28(24)34-31(37)22-27(33(39)36-30-21-12-9-18-26(30)15-6-3)23-32(38)35-29-20-11-8-17-25(29)14-5-2/h7-12,16-21,27H,4-6,13-15,22-23H2,1-3H3,(H,34,37)(H,35,38)(H,36,39). The summed E-state index contributed by atoms with van der Waals surface area (Å²) in [4.78, 5) is 39.8. The highest BCUT2D eigenvalue weighted by Gasteiger charge is 2.26. The molecule has 0 saturated heterocycles. The Kier molecular flexibility index (Phi) is 11.8. The van der Waals surface area contributed by atoms with Crippen LogP contribution in [0, 0.1) is 5.92 Å². The Bertz CT molecular complexity index is 1190. The highest BCUT2D eigenvalue weighted by atomic mass is 16.2. The molecule has 3 rings (SSSR count). The smallest absolute Gasteiger partial charge is 0.228 e. The molecule has 3 aromatic carbocycles. The van der Waals surface area contributed by atoms with E-state index in [9.17, 15) is 14.4 Å². The van der Waals surface area contributed by atoms with Gasteiger partial charge < -0.3 is 16.0 Å². The number of hydrogen-bond donors (Lipinski definition) is 3. The largest absolute Gasteiger partial charge is 0.326 e. The van der Waals surface area contributed by atoms with Crippen molar-refractivity contribution in [2.45, 2.75) is 72.1 Å². The fourth-order valence-electron chi connectivity index (χ4n) is 4.73. The molecule has 0 bridgehead atoms. The number of anilines is 3. The molecule has 0 aliphatic heterocycles. The summed E-state index contributed by atoms with van der Waals surface area (Å²) in [6.45, 7) is 6.27. The minimum absolute atomic E-state index is 0.105. The summed E-state index contributed by atoms with van der Waals surface area (Å²) in [7, 11) is 0. The number of aryl methyl sites for hydroxylation is 3. The average Bonchev–Trinajstić information content (AvgIpc) is 2.92. The summed E-state index contributed by atoms with van der Waals surface area (Å²) < 4.78 is 0. The molecule has 0 heterocycles. The van der Waals surface area contributed by atoms with Gasteiger partial charge in [0.05, 0.1) is 5.92 Å². The highest BCUT2D eigenvalue weighted by Crippen LogP contribution is 2.23. The second-order valence-corrected chi connectivity index (χ2v) is 9.91. The second kappa shape index (κ2) is 15.5. The van der Waals surface area contributed by atoms with Gasteiger partial charge in [-0.2, -0.15) is 0 Å². The Morgan fingerprint density at radius 1 is 0.538 bits per heavy atom. The van der Waals surface area contributed by atoms with Crippen molar-refractivity contribution in [1.29, 1.82) is 0 Å². The van der Waals surface area contributed by atoms with Crippen LogP contribution in [0.1, 0.15) is 69.6 Å². The molecule has 0 saturated carbocycles. The molecule has 0 aliphatic carbocycles. The van der Waals surface area contributed by atoms with Crippen LogP contribution in [0.3, 0.4) is 0 Å².